The molecule has 0 spiro atoms. The lowest BCUT2D eigenvalue weighted by atomic mass is 9.88. The van der Waals surface area contributed by atoms with Crippen LogP contribution >= 0.6 is 0 Å². The number of pyridine rings is 1. The molecule has 1 aliphatic carbocycles. The van der Waals surface area contributed by atoms with Gasteiger partial charge < -0.3 is 5.73 Å². The van der Waals surface area contributed by atoms with Gasteiger partial charge in [0.05, 0.1) is 5.52 Å². The van der Waals surface area contributed by atoms with E-state index in [1.54, 1.807) is 0 Å². The Bertz CT molecular complexity index is 535. The Kier molecular flexibility index (Phi) is 2.60. The highest BCUT2D eigenvalue weighted by molar-refractivity contribution is 5.79. The maximum absolute atomic E-state index is 6.11. The number of nitrogens with zero attached hydrogens (tertiary/aromatic N) is 1. The third kappa shape index (κ3) is 1.83. The lowest BCUT2D eigenvalue weighted by molar-refractivity contribution is 0.479. The summed E-state index contributed by atoms with van der Waals surface area (Å²) in [4.78, 5) is 4.36. The van der Waals surface area contributed by atoms with Crippen LogP contribution in [0, 0.1) is 5.92 Å². The van der Waals surface area contributed by atoms with E-state index < -0.39 is 0 Å². The molecule has 3 atom stereocenters. The van der Waals surface area contributed by atoms with Crippen LogP contribution in [0.2, 0.25) is 0 Å². The number of benzene rings is 1. The maximum atomic E-state index is 6.11. The van der Waals surface area contributed by atoms with Gasteiger partial charge in [0.2, 0.25) is 0 Å². The molecule has 0 aliphatic heterocycles. The summed E-state index contributed by atoms with van der Waals surface area (Å²) in [5.41, 5.74) is 8.60. The SMILES string of the molecule is CC1C(N)CCC1c1ccc2ncccc2c1. The monoisotopic (exact) mass is 226 g/mol. The fourth-order valence-corrected chi connectivity index (χ4v) is 2.99. The zero-order chi connectivity index (χ0) is 11.8. The van der Waals surface area contributed by atoms with E-state index in [4.69, 9.17) is 5.73 Å². The van der Waals surface area contributed by atoms with Crippen molar-refractivity contribution in [1.82, 2.24) is 4.98 Å². The highest BCUT2D eigenvalue weighted by Gasteiger charge is 2.31. The largest absolute Gasteiger partial charge is 0.327 e. The van der Waals surface area contributed by atoms with Crippen molar-refractivity contribution in [1.29, 1.82) is 0 Å². The second kappa shape index (κ2) is 4.11. The highest BCUT2D eigenvalue weighted by atomic mass is 14.7. The molecular weight excluding hydrogens is 208 g/mol. The zero-order valence-electron chi connectivity index (χ0n) is 10.1. The van der Waals surface area contributed by atoms with Crippen LogP contribution in [0.5, 0.6) is 0 Å². The van der Waals surface area contributed by atoms with Crippen LogP contribution in [0.4, 0.5) is 0 Å². The van der Waals surface area contributed by atoms with E-state index in [9.17, 15) is 0 Å². The Hall–Kier alpha value is -1.41. The van der Waals surface area contributed by atoms with Gasteiger partial charge in [-0.25, -0.2) is 0 Å². The molecule has 2 nitrogen and oxygen atoms in total. The van der Waals surface area contributed by atoms with Crippen LogP contribution in [0.1, 0.15) is 31.2 Å². The Balaban J connectivity index is 2.01. The second-order valence-corrected chi connectivity index (χ2v) is 5.16. The predicted octanol–water partition coefficient (Wildman–Crippen LogP) is 3.08. The molecule has 1 aliphatic rings. The van der Waals surface area contributed by atoms with Gasteiger partial charge in [-0.3, -0.25) is 4.98 Å². The molecule has 2 N–H and O–H groups in total. The first-order valence-electron chi connectivity index (χ1n) is 6.36. The molecule has 2 heteroatoms. The van der Waals surface area contributed by atoms with Crippen LogP contribution in [0.25, 0.3) is 10.9 Å². The van der Waals surface area contributed by atoms with Crippen LogP contribution in [-0.4, -0.2) is 11.0 Å². The Labute approximate surface area is 102 Å². The molecule has 88 valence electrons. The fourth-order valence-electron chi connectivity index (χ4n) is 2.99. The van der Waals surface area contributed by atoms with E-state index in [1.165, 1.54) is 17.4 Å². The first-order valence-corrected chi connectivity index (χ1v) is 6.36. The van der Waals surface area contributed by atoms with Crippen molar-refractivity contribution in [3.05, 3.63) is 42.1 Å². The first-order chi connectivity index (χ1) is 8.25. The number of aromatic nitrogens is 1. The summed E-state index contributed by atoms with van der Waals surface area (Å²) in [7, 11) is 0. The van der Waals surface area contributed by atoms with Crippen LogP contribution in [-0.2, 0) is 0 Å². The maximum Gasteiger partial charge on any atom is 0.0702 e. The van der Waals surface area contributed by atoms with E-state index in [2.05, 4.69) is 36.2 Å². The average molecular weight is 226 g/mol. The fraction of sp³-hybridized carbons (Fsp3) is 0.400. The summed E-state index contributed by atoms with van der Waals surface area (Å²) in [6.45, 7) is 2.27. The van der Waals surface area contributed by atoms with Crippen LogP contribution in [0.15, 0.2) is 36.5 Å². The molecule has 0 saturated heterocycles. The van der Waals surface area contributed by atoms with E-state index in [-0.39, 0.29) is 0 Å². The molecular formula is C15H18N2. The molecule has 0 radical (unpaired) electrons. The highest BCUT2D eigenvalue weighted by Crippen LogP contribution is 2.39. The Morgan fingerprint density at radius 3 is 2.88 bits per heavy atom. The summed E-state index contributed by atoms with van der Waals surface area (Å²) in [5, 5.41) is 1.23. The van der Waals surface area contributed by atoms with E-state index >= 15 is 0 Å². The molecule has 1 aromatic carbocycles. The zero-order valence-corrected chi connectivity index (χ0v) is 10.1. The van der Waals surface area contributed by atoms with Gasteiger partial charge in [-0.2, -0.15) is 0 Å². The Morgan fingerprint density at radius 1 is 1.24 bits per heavy atom. The molecule has 2 aromatic rings. The van der Waals surface area contributed by atoms with Gasteiger partial charge >= 0.3 is 0 Å². The predicted molar refractivity (Wildman–Crippen MR) is 70.9 cm³/mol. The van der Waals surface area contributed by atoms with E-state index in [1.807, 2.05) is 12.3 Å². The van der Waals surface area contributed by atoms with Crippen molar-refractivity contribution in [2.75, 3.05) is 0 Å². The normalized spacial score (nSPS) is 28.7. The minimum Gasteiger partial charge on any atom is -0.327 e. The van der Waals surface area contributed by atoms with Gasteiger partial charge in [-0.05, 0) is 48.4 Å². The molecule has 1 saturated carbocycles. The topological polar surface area (TPSA) is 38.9 Å². The van der Waals surface area contributed by atoms with E-state index in [0.717, 1.165) is 11.9 Å². The standard InChI is InChI=1S/C15H18N2/c1-10-13(5-6-14(10)16)11-4-7-15-12(9-11)3-2-8-17-15/h2-4,7-10,13-14H,5-6,16H2,1H3. The average Bonchev–Trinajstić information content (AvgIpc) is 2.70. The quantitative estimate of drug-likeness (QED) is 0.811. The van der Waals surface area contributed by atoms with Gasteiger partial charge in [-0.15, -0.1) is 0 Å². The third-order valence-corrected chi connectivity index (χ3v) is 4.18. The van der Waals surface area contributed by atoms with Crippen LogP contribution in [0.3, 0.4) is 0 Å². The summed E-state index contributed by atoms with van der Waals surface area (Å²) in [6, 6.07) is 11.1. The second-order valence-electron chi connectivity index (χ2n) is 5.16. The third-order valence-electron chi connectivity index (χ3n) is 4.18. The number of rotatable bonds is 1. The van der Waals surface area contributed by atoms with Crippen molar-refractivity contribution in [2.45, 2.75) is 31.7 Å². The van der Waals surface area contributed by atoms with E-state index in [0.29, 0.717) is 17.9 Å². The minimum atomic E-state index is 0.365. The van der Waals surface area contributed by atoms with Crippen LogP contribution < -0.4 is 5.73 Å². The molecule has 3 rings (SSSR count). The summed E-state index contributed by atoms with van der Waals surface area (Å²) in [6.07, 6.45) is 4.21. The molecule has 0 amide bonds. The first kappa shape index (κ1) is 10.7. The summed E-state index contributed by atoms with van der Waals surface area (Å²) in [5.74, 6) is 1.21. The smallest absolute Gasteiger partial charge is 0.0702 e. The van der Waals surface area contributed by atoms with Crippen molar-refractivity contribution in [3.63, 3.8) is 0 Å². The lowest BCUT2D eigenvalue weighted by Gasteiger charge is -2.18. The Morgan fingerprint density at radius 2 is 2.12 bits per heavy atom. The van der Waals surface area contributed by atoms with Gasteiger partial charge in [0.1, 0.15) is 0 Å². The molecule has 1 fully saturated rings. The van der Waals surface area contributed by atoms with Crippen molar-refractivity contribution in [3.8, 4) is 0 Å². The summed E-state index contributed by atoms with van der Waals surface area (Å²) < 4.78 is 0. The van der Waals surface area contributed by atoms with Gasteiger partial charge in [0, 0.05) is 17.6 Å². The number of hydrogen-bond donors (Lipinski definition) is 1. The number of hydrogen-bond acceptors (Lipinski definition) is 2. The van der Waals surface area contributed by atoms with Gasteiger partial charge in [0.25, 0.3) is 0 Å². The van der Waals surface area contributed by atoms with Gasteiger partial charge in [0.15, 0.2) is 0 Å². The summed E-state index contributed by atoms with van der Waals surface area (Å²) >= 11 is 0. The van der Waals surface area contributed by atoms with Crippen molar-refractivity contribution in [2.24, 2.45) is 11.7 Å². The molecule has 3 unspecified atom stereocenters. The molecule has 1 heterocycles. The van der Waals surface area contributed by atoms with Gasteiger partial charge in [-0.1, -0.05) is 19.1 Å². The molecule has 0 bridgehead atoms. The number of nitrogens with two attached hydrogens (primary N) is 1. The van der Waals surface area contributed by atoms with Crippen molar-refractivity contribution < 1.29 is 0 Å². The van der Waals surface area contributed by atoms with Crippen molar-refractivity contribution >= 4 is 10.9 Å². The lowest BCUT2D eigenvalue weighted by Crippen LogP contribution is -2.24. The minimum absolute atomic E-state index is 0.365. The molecule has 1 aromatic heterocycles. The molecule has 17 heavy (non-hydrogen) atoms. The number of fused-ring (bicyclic) bond motifs is 1.